The molecular formula is C26H27FN4O5. The zero-order valence-electron chi connectivity index (χ0n) is 19.9. The zero-order valence-corrected chi connectivity index (χ0v) is 19.9. The molecule has 36 heavy (non-hydrogen) atoms. The fourth-order valence-corrected chi connectivity index (χ4v) is 3.25. The van der Waals surface area contributed by atoms with Gasteiger partial charge >= 0.3 is 12.1 Å². The molecule has 0 spiro atoms. The molecule has 2 aromatic carbocycles. The fourth-order valence-electron chi connectivity index (χ4n) is 3.25. The summed E-state index contributed by atoms with van der Waals surface area (Å²) in [5.74, 6) is -1.08. The number of nitrogens with zero attached hydrogens (tertiary/aromatic N) is 2. The van der Waals surface area contributed by atoms with Crippen molar-refractivity contribution in [2.45, 2.75) is 25.5 Å². The summed E-state index contributed by atoms with van der Waals surface area (Å²) in [4.78, 5) is 42.0. The summed E-state index contributed by atoms with van der Waals surface area (Å²) in [6.07, 6.45) is 0.860. The molecule has 10 heteroatoms. The van der Waals surface area contributed by atoms with Crippen LogP contribution in [-0.2, 0) is 33.8 Å². The largest absolute Gasteiger partial charge is 0.480 e. The molecule has 0 aliphatic rings. The monoisotopic (exact) mass is 494 g/mol. The summed E-state index contributed by atoms with van der Waals surface area (Å²) in [6, 6.07) is 14.7. The van der Waals surface area contributed by atoms with Gasteiger partial charge in [0.05, 0.1) is 6.42 Å². The van der Waals surface area contributed by atoms with Crippen molar-refractivity contribution in [3.63, 3.8) is 0 Å². The van der Waals surface area contributed by atoms with Crippen molar-refractivity contribution in [3.05, 3.63) is 89.4 Å². The van der Waals surface area contributed by atoms with Crippen LogP contribution in [0.1, 0.15) is 16.7 Å². The smallest absolute Gasteiger partial charge is 0.408 e. The van der Waals surface area contributed by atoms with E-state index < -0.39 is 18.1 Å². The first kappa shape index (κ1) is 26.1. The van der Waals surface area contributed by atoms with Gasteiger partial charge in [0.1, 0.15) is 24.3 Å². The summed E-state index contributed by atoms with van der Waals surface area (Å²) in [7, 11) is 3.69. The van der Waals surface area contributed by atoms with Gasteiger partial charge in [0.25, 0.3) is 0 Å². The minimum Gasteiger partial charge on any atom is -0.480 e. The molecule has 0 fully saturated rings. The first-order chi connectivity index (χ1) is 17.2. The third-order valence-electron chi connectivity index (χ3n) is 5.18. The SMILES string of the molecule is CN(C)c1ccc(C[C@H](NC(=O)OCc2ccc(NC(=O)Cc3ccc(F)cc3)cc2)C(=O)O)cn1. The van der Waals surface area contributed by atoms with Crippen molar-refractivity contribution >= 4 is 29.5 Å². The Morgan fingerprint density at radius 1 is 0.972 bits per heavy atom. The second-order valence-corrected chi connectivity index (χ2v) is 8.28. The van der Waals surface area contributed by atoms with Gasteiger partial charge in [0.2, 0.25) is 5.91 Å². The molecule has 9 nitrogen and oxygen atoms in total. The zero-order chi connectivity index (χ0) is 26.1. The van der Waals surface area contributed by atoms with E-state index in [1.807, 2.05) is 19.0 Å². The number of carbonyl (C=O) groups is 3. The lowest BCUT2D eigenvalue weighted by atomic mass is 10.1. The predicted molar refractivity (Wildman–Crippen MR) is 132 cm³/mol. The number of aliphatic carboxylic acids is 1. The molecule has 0 bridgehead atoms. The average Bonchev–Trinajstić information content (AvgIpc) is 2.85. The Kier molecular flexibility index (Phi) is 8.93. The van der Waals surface area contributed by atoms with Gasteiger partial charge in [-0.25, -0.2) is 19.0 Å². The number of amides is 2. The summed E-state index contributed by atoms with van der Waals surface area (Å²) in [5.41, 5.74) is 2.55. The van der Waals surface area contributed by atoms with Crippen molar-refractivity contribution in [1.29, 1.82) is 0 Å². The maximum Gasteiger partial charge on any atom is 0.408 e. The van der Waals surface area contributed by atoms with Crippen LogP contribution >= 0.6 is 0 Å². The number of ether oxygens (including phenoxy) is 1. The molecule has 188 valence electrons. The van der Waals surface area contributed by atoms with Crippen molar-refractivity contribution in [1.82, 2.24) is 10.3 Å². The number of pyridine rings is 1. The van der Waals surface area contributed by atoms with Gasteiger partial charge in [-0.2, -0.15) is 0 Å². The first-order valence-electron chi connectivity index (χ1n) is 11.1. The Morgan fingerprint density at radius 2 is 1.61 bits per heavy atom. The lowest BCUT2D eigenvalue weighted by Gasteiger charge is -2.16. The van der Waals surface area contributed by atoms with Gasteiger partial charge < -0.3 is 25.4 Å². The van der Waals surface area contributed by atoms with Crippen molar-refractivity contribution in [2.75, 3.05) is 24.3 Å². The van der Waals surface area contributed by atoms with E-state index in [1.54, 1.807) is 54.7 Å². The number of rotatable bonds is 10. The van der Waals surface area contributed by atoms with E-state index in [0.717, 1.165) is 5.82 Å². The number of hydrogen-bond donors (Lipinski definition) is 3. The number of carboxylic acids is 1. The van der Waals surface area contributed by atoms with Crippen LogP contribution in [0.15, 0.2) is 66.9 Å². The molecule has 1 aromatic heterocycles. The summed E-state index contributed by atoms with van der Waals surface area (Å²) in [5, 5.41) is 14.6. The standard InChI is InChI=1S/C26H27FN4O5/c1-31(2)23-12-7-19(15-28-23)13-22(25(33)34)30-26(35)36-16-18-5-10-21(11-6-18)29-24(32)14-17-3-8-20(27)9-4-17/h3-12,15,22H,13-14,16H2,1-2H3,(H,29,32)(H,30,35)(H,33,34)/t22-/m0/s1. The van der Waals surface area contributed by atoms with Gasteiger partial charge in [-0.05, 0) is 47.0 Å². The quantitative estimate of drug-likeness (QED) is 0.395. The van der Waals surface area contributed by atoms with Gasteiger partial charge in [-0.1, -0.05) is 30.3 Å². The molecule has 2 amide bonds. The van der Waals surface area contributed by atoms with E-state index in [-0.39, 0.29) is 31.2 Å². The summed E-state index contributed by atoms with van der Waals surface area (Å²) in [6.45, 7) is -0.0823. The van der Waals surface area contributed by atoms with Crippen LogP contribution in [0.25, 0.3) is 0 Å². The van der Waals surface area contributed by atoms with Gasteiger partial charge in [0.15, 0.2) is 0 Å². The van der Waals surface area contributed by atoms with Gasteiger partial charge in [-0.15, -0.1) is 0 Å². The molecular weight excluding hydrogens is 467 g/mol. The molecule has 3 N–H and O–H groups in total. The Balaban J connectivity index is 1.46. The third-order valence-corrected chi connectivity index (χ3v) is 5.18. The molecule has 0 aliphatic carbocycles. The number of hydrogen-bond acceptors (Lipinski definition) is 6. The Labute approximate surface area is 207 Å². The minimum atomic E-state index is -1.19. The van der Waals surface area contributed by atoms with E-state index in [2.05, 4.69) is 15.6 Å². The van der Waals surface area contributed by atoms with Crippen molar-refractivity contribution < 1.29 is 28.6 Å². The molecule has 1 atom stereocenters. The number of carboxylic acid groups (broad SMARTS) is 1. The molecule has 1 heterocycles. The van der Waals surface area contributed by atoms with E-state index in [0.29, 0.717) is 22.4 Å². The highest BCUT2D eigenvalue weighted by atomic mass is 19.1. The second-order valence-electron chi connectivity index (χ2n) is 8.28. The highest BCUT2D eigenvalue weighted by Crippen LogP contribution is 2.13. The average molecular weight is 495 g/mol. The first-order valence-corrected chi connectivity index (χ1v) is 11.1. The maximum atomic E-state index is 13.0. The van der Waals surface area contributed by atoms with Crippen LogP contribution in [0, 0.1) is 5.82 Å². The van der Waals surface area contributed by atoms with Gasteiger partial charge in [0, 0.05) is 32.4 Å². The molecule has 0 radical (unpaired) electrons. The highest BCUT2D eigenvalue weighted by molar-refractivity contribution is 5.92. The normalized spacial score (nSPS) is 11.3. The molecule has 0 saturated carbocycles. The minimum absolute atomic E-state index is 0.0530. The molecule has 3 rings (SSSR count). The Bertz CT molecular complexity index is 1180. The van der Waals surface area contributed by atoms with E-state index in [9.17, 15) is 23.9 Å². The molecule has 0 unspecified atom stereocenters. The summed E-state index contributed by atoms with van der Waals surface area (Å²) >= 11 is 0. The maximum absolute atomic E-state index is 13.0. The van der Waals surface area contributed by atoms with Crippen LogP contribution in [0.2, 0.25) is 0 Å². The molecule has 3 aromatic rings. The lowest BCUT2D eigenvalue weighted by molar-refractivity contribution is -0.139. The van der Waals surface area contributed by atoms with Crippen LogP contribution < -0.4 is 15.5 Å². The van der Waals surface area contributed by atoms with E-state index in [4.69, 9.17) is 4.74 Å². The van der Waals surface area contributed by atoms with Crippen LogP contribution in [0.5, 0.6) is 0 Å². The third kappa shape index (κ3) is 8.08. The number of benzene rings is 2. The van der Waals surface area contributed by atoms with E-state index in [1.165, 1.54) is 12.1 Å². The Morgan fingerprint density at radius 3 is 2.19 bits per heavy atom. The van der Waals surface area contributed by atoms with Gasteiger partial charge in [-0.3, -0.25) is 4.79 Å². The number of nitrogens with one attached hydrogen (secondary N) is 2. The van der Waals surface area contributed by atoms with E-state index >= 15 is 0 Å². The van der Waals surface area contributed by atoms with Crippen LogP contribution in [0.4, 0.5) is 20.7 Å². The number of alkyl carbamates (subject to hydrolysis) is 1. The van der Waals surface area contributed by atoms with Crippen LogP contribution in [0.3, 0.4) is 0 Å². The second kappa shape index (κ2) is 12.3. The topological polar surface area (TPSA) is 121 Å². The van der Waals surface area contributed by atoms with Crippen molar-refractivity contribution in [2.24, 2.45) is 0 Å². The fraction of sp³-hybridized carbons (Fsp3) is 0.231. The highest BCUT2D eigenvalue weighted by Gasteiger charge is 2.21. The molecule has 0 saturated heterocycles. The predicted octanol–water partition coefficient (Wildman–Crippen LogP) is 3.39. The van der Waals surface area contributed by atoms with Crippen molar-refractivity contribution in [3.8, 4) is 0 Å². The number of carbonyl (C=O) groups excluding carboxylic acids is 2. The molecule has 0 aliphatic heterocycles. The summed E-state index contributed by atoms with van der Waals surface area (Å²) < 4.78 is 18.1. The number of aromatic nitrogens is 1. The Hall–Kier alpha value is -4.47. The number of anilines is 2. The number of halogens is 1. The van der Waals surface area contributed by atoms with Crippen LogP contribution in [-0.4, -0.2) is 48.2 Å². The lowest BCUT2D eigenvalue weighted by Crippen LogP contribution is -2.42.